The average molecular weight is 450 g/mol. The van der Waals surface area contributed by atoms with Gasteiger partial charge in [0.15, 0.2) is 5.65 Å². The van der Waals surface area contributed by atoms with Crippen LogP contribution >= 0.6 is 0 Å². The molecule has 0 atom stereocenters. The number of benzene rings is 2. The molecule has 9 heteroatoms. The van der Waals surface area contributed by atoms with Gasteiger partial charge >= 0.3 is 0 Å². The van der Waals surface area contributed by atoms with Crippen molar-refractivity contribution in [1.82, 2.24) is 19.7 Å². The van der Waals surface area contributed by atoms with Crippen LogP contribution in [0.25, 0.3) is 11.0 Å². The van der Waals surface area contributed by atoms with Crippen LogP contribution in [0.2, 0.25) is 0 Å². The number of aromatic nitrogens is 4. The lowest BCUT2D eigenvalue weighted by Gasteiger charge is -2.27. The van der Waals surface area contributed by atoms with Crippen molar-refractivity contribution in [3.8, 4) is 5.75 Å². The second-order valence-corrected chi connectivity index (χ2v) is 9.82. The Morgan fingerprint density at radius 2 is 1.69 bits per heavy atom. The van der Waals surface area contributed by atoms with Gasteiger partial charge in [0.2, 0.25) is 9.84 Å². The first kappa shape index (κ1) is 20.4. The van der Waals surface area contributed by atoms with Gasteiger partial charge in [0.05, 0.1) is 24.7 Å². The summed E-state index contributed by atoms with van der Waals surface area (Å²) in [7, 11) is -1.96. The van der Waals surface area contributed by atoms with Gasteiger partial charge in [0, 0.05) is 25.8 Å². The summed E-state index contributed by atoms with van der Waals surface area (Å²) in [6, 6.07) is 17.8. The molecule has 1 aliphatic rings. The maximum absolute atomic E-state index is 12.4. The maximum Gasteiger partial charge on any atom is 0.250 e. The van der Waals surface area contributed by atoms with Crippen molar-refractivity contribution in [2.45, 2.75) is 24.7 Å². The van der Waals surface area contributed by atoms with Crippen LogP contribution in [0.15, 0.2) is 59.8 Å². The van der Waals surface area contributed by atoms with Gasteiger partial charge in [-0.15, -0.1) is 0 Å². The third kappa shape index (κ3) is 3.80. The highest BCUT2D eigenvalue weighted by Crippen LogP contribution is 2.34. The monoisotopic (exact) mass is 449 g/mol. The van der Waals surface area contributed by atoms with Gasteiger partial charge < -0.3 is 9.64 Å². The Morgan fingerprint density at radius 1 is 0.969 bits per heavy atom. The molecule has 3 heterocycles. The Kier molecular flexibility index (Phi) is 5.05. The fourth-order valence-corrected chi connectivity index (χ4v) is 4.50. The predicted octanol–water partition coefficient (Wildman–Crippen LogP) is 2.85. The normalized spacial score (nSPS) is 13.5. The lowest BCUT2D eigenvalue weighted by molar-refractivity contribution is 0.414. The van der Waals surface area contributed by atoms with Gasteiger partial charge in [-0.05, 0) is 23.3 Å². The third-order valence-electron chi connectivity index (χ3n) is 5.58. The van der Waals surface area contributed by atoms with E-state index < -0.39 is 9.84 Å². The highest BCUT2D eigenvalue weighted by atomic mass is 32.2. The summed E-state index contributed by atoms with van der Waals surface area (Å²) in [5, 5.41) is 5.43. The minimum atomic E-state index is -3.59. The lowest BCUT2D eigenvalue weighted by Crippen LogP contribution is -2.30. The number of sulfone groups is 1. The molecule has 2 aromatic heterocycles. The molecule has 0 aliphatic carbocycles. The van der Waals surface area contributed by atoms with E-state index in [9.17, 15) is 8.42 Å². The summed E-state index contributed by atoms with van der Waals surface area (Å²) in [5.74, 6) is 1.41. The number of methoxy groups -OCH3 is 1. The number of ether oxygens (including phenoxy) is 1. The molecule has 0 amide bonds. The van der Waals surface area contributed by atoms with Crippen LogP contribution in [-0.2, 0) is 29.3 Å². The summed E-state index contributed by atoms with van der Waals surface area (Å²) in [6.45, 7) is 1.80. The van der Waals surface area contributed by atoms with Gasteiger partial charge in [-0.3, -0.25) is 0 Å². The summed E-state index contributed by atoms with van der Waals surface area (Å²) in [6.07, 6.45) is 1.87. The van der Waals surface area contributed by atoms with Gasteiger partial charge in [-0.25, -0.2) is 18.1 Å². The molecule has 0 unspecified atom stereocenters. The summed E-state index contributed by atoms with van der Waals surface area (Å²) >= 11 is 0. The minimum absolute atomic E-state index is 0.178. The second-order valence-electron chi connectivity index (χ2n) is 7.91. The Bertz CT molecular complexity index is 1380. The number of hydrogen-bond acceptors (Lipinski definition) is 7. The molecule has 0 saturated heterocycles. The van der Waals surface area contributed by atoms with E-state index in [0.29, 0.717) is 31.1 Å². The zero-order valence-corrected chi connectivity index (χ0v) is 18.7. The third-order valence-corrected chi connectivity index (χ3v) is 6.43. The van der Waals surface area contributed by atoms with E-state index in [2.05, 4.69) is 14.9 Å². The van der Waals surface area contributed by atoms with E-state index in [-0.39, 0.29) is 5.16 Å². The van der Waals surface area contributed by atoms with Gasteiger partial charge in [0.25, 0.3) is 5.16 Å². The van der Waals surface area contributed by atoms with Crippen molar-refractivity contribution in [3.63, 3.8) is 0 Å². The molecular weight excluding hydrogens is 426 g/mol. The molecule has 1 aliphatic heterocycles. The van der Waals surface area contributed by atoms with Gasteiger partial charge in [-0.2, -0.15) is 10.1 Å². The summed E-state index contributed by atoms with van der Waals surface area (Å²) in [5.41, 5.74) is 3.60. The molecule has 0 radical (unpaired) electrons. The topological polar surface area (TPSA) is 90.2 Å². The zero-order chi connectivity index (χ0) is 22.3. The van der Waals surface area contributed by atoms with Crippen molar-refractivity contribution in [3.05, 3.63) is 71.4 Å². The van der Waals surface area contributed by atoms with Crippen molar-refractivity contribution in [1.29, 1.82) is 0 Å². The van der Waals surface area contributed by atoms with Crippen LogP contribution in [0.5, 0.6) is 5.75 Å². The molecule has 0 fully saturated rings. The van der Waals surface area contributed by atoms with Crippen LogP contribution < -0.4 is 9.64 Å². The molecular formula is C23H23N5O3S. The second kappa shape index (κ2) is 7.90. The molecule has 0 spiro atoms. The zero-order valence-electron chi connectivity index (χ0n) is 17.9. The van der Waals surface area contributed by atoms with E-state index in [0.717, 1.165) is 40.6 Å². The van der Waals surface area contributed by atoms with Gasteiger partial charge in [0.1, 0.15) is 11.6 Å². The molecule has 0 N–H and O–H groups in total. The van der Waals surface area contributed by atoms with Crippen molar-refractivity contribution < 1.29 is 13.2 Å². The lowest BCUT2D eigenvalue weighted by atomic mass is 10.1. The highest BCUT2D eigenvalue weighted by Gasteiger charge is 2.28. The van der Waals surface area contributed by atoms with Crippen molar-refractivity contribution >= 4 is 26.7 Å². The maximum atomic E-state index is 12.4. The first-order valence-corrected chi connectivity index (χ1v) is 12.2. The van der Waals surface area contributed by atoms with Gasteiger partial charge in [-0.1, -0.05) is 42.5 Å². The number of hydrogen-bond donors (Lipinski definition) is 0. The Balaban J connectivity index is 1.61. The minimum Gasteiger partial charge on any atom is -0.497 e. The van der Waals surface area contributed by atoms with Crippen molar-refractivity contribution in [2.75, 3.05) is 24.8 Å². The number of anilines is 1. The van der Waals surface area contributed by atoms with E-state index in [1.807, 2.05) is 54.6 Å². The van der Waals surface area contributed by atoms with Crippen molar-refractivity contribution in [2.24, 2.45) is 0 Å². The largest absolute Gasteiger partial charge is 0.497 e. The smallest absolute Gasteiger partial charge is 0.250 e. The summed E-state index contributed by atoms with van der Waals surface area (Å²) in [4.78, 5) is 11.0. The fraction of sp³-hybridized carbons (Fsp3) is 0.261. The molecule has 2 aromatic carbocycles. The van der Waals surface area contributed by atoms with Crippen LogP contribution in [0.1, 0.15) is 16.8 Å². The quantitative estimate of drug-likeness (QED) is 0.418. The standard InChI is InChI=1S/C23H23N5O3S/c1-31-18-10-8-17(9-11-18)14-27-13-12-19-20-21(27)24-23(32(2,29)30)25-22(20)28(26-19)15-16-6-4-3-5-7-16/h3-11H,12-15H2,1-2H3. The summed E-state index contributed by atoms with van der Waals surface area (Å²) < 4.78 is 31.8. The van der Waals surface area contributed by atoms with E-state index >= 15 is 0 Å². The average Bonchev–Trinajstić information content (AvgIpc) is 3.14. The fourth-order valence-electron chi connectivity index (χ4n) is 3.99. The number of nitrogens with zero attached hydrogens (tertiary/aromatic N) is 5. The van der Waals surface area contributed by atoms with E-state index in [4.69, 9.17) is 9.84 Å². The Hall–Kier alpha value is -3.46. The Morgan fingerprint density at radius 3 is 2.38 bits per heavy atom. The van der Waals surface area contributed by atoms with Crippen LogP contribution in [0.4, 0.5) is 5.82 Å². The van der Waals surface area contributed by atoms with E-state index in [1.54, 1.807) is 11.8 Å². The molecule has 4 aromatic rings. The van der Waals surface area contributed by atoms with Crippen LogP contribution in [0.3, 0.4) is 0 Å². The predicted molar refractivity (Wildman–Crippen MR) is 122 cm³/mol. The SMILES string of the molecule is COc1ccc(CN2CCc3nn(Cc4ccccc4)c4nc(S(C)(=O)=O)nc2c34)cc1. The molecule has 5 rings (SSSR count). The first-order valence-electron chi connectivity index (χ1n) is 10.3. The molecule has 0 saturated carbocycles. The molecule has 32 heavy (non-hydrogen) atoms. The van der Waals surface area contributed by atoms with Crippen LogP contribution in [0, 0.1) is 0 Å². The number of rotatable bonds is 6. The van der Waals surface area contributed by atoms with Crippen LogP contribution in [-0.4, -0.2) is 48.1 Å². The highest BCUT2D eigenvalue weighted by molar-refractivity contribution is 7.90. The molecule has 164 valence electrons. The molecule has 8 nitrogen and oxygen atoms in total. The first-order chi connectivity index (χ1) is 15.4. The van der Waals surface area contributed by atoms with E-state index in [1.165, 1.54) is 0 Å². The Labute approximate surface area is 186 Å². The molecule has 0 bridgehead atoms.